The van der Waals surface area contributed by atoms with E-state index >= 15 is 0 Å². The predicted octanol–water partition coefficient (Wildman–Crippen LogP) is 2.96. The number of phenolic OH excluding ortho intramolecular Hbond substituents is 1. The van der Waals surface area contributed by atoms with Gasteiger partial charge in [0.25, 0.3) is 0 Å². The number of halogens is 1. The second kappa shape index (κ2) is 5.24. The van der Waals surface area contributed by atoms with E-state index in [4.69, 9.17) is 9.47 Å². The first-order valence-corrected chi connectivity index (χ1v) is 6.17. The molecule has 2 rings (SSSR count). The summed E-state index contributed by atoms with van der Waals surface area (Å²) < 4.78 is 24.4. The molecule has 1 aromatic rings. The summed E-state index contributed by atoms with van der Waals surface area (Å²) in [4.78, 5) is 0. The van der Waals surface area contributed by atoms with Crippen LogP contribution in [0.25, 0.3) is 0 Å². The molecule has 0 spiro atoms. The Kier molecular flexibility index (Phi) is 3.88. The van der Waals surface area contributed by atoms with Gasteiger partial charge in [-0.2, -0.15) is 0 Å². The Labute approximate surface area is 107 Å². The van der Waals surface area contributed by atoms with Crippen LogP contribution >= 0.6 is 0 Å². The number of hydrogen-bond acceptors (Lipinski definition) is 3. The molecule has 18 heavy (non-hydrogen) atoms. The highest BCUT2D eigenvalue weighted by Gasteiger charge is 2.37. The van der Waals surface area contributed by atoms with Crippen molar-refractivity contribution in [2.75, 3.05) is 14.2 Å². The minimum atomic E-state index is -0.505. The third kappa shape index (κ3) is 2.49. The topological polar surface area (TPSA) is 38.7 Å². The number of aromatic hydroxyl groups is 1. The molecule has 1 saturated carbocycles. The van der Waals surface area contributed by atoms with Crippen molar-refractivity contribution in [1.82, 2.24) is 0 Å². The molecule has 0 heterocycles. The normalized spacial score (nSPS) is 28.3. The summed E-state index contributed by atoms with van der Waals surface area (Å²) in [5.41, 5.74) is 0.200. The Balaban J connectivity index is 2.27. The molecule has 0 amide bonds. The summed E-state index contributed by atoms with van der Waals surface area (Å²) in [5.74, 6) is -0.495. The van der Waals surface area contributed by atoms with Gasteiger partial charge in [0.05, 0.1) is 11.7 Å². The highest BCUT2D eigenvalue weighted by atomic mass is 19.1. The minimum absolute atomic E-state index is 0.0599. The average Bonchev–Trinajstić information content (AvgIpc) is 2.37. The minimum Gasteiger partial charge on any atom is -0.508 e. The van der Waals surface area contributed by atoms with Gasteiger partial charge in [0, 0.05) is 20.3 Å². The number of hydrogen-bond donors (Lipinski definition) is 1. The van der Waals surface area contributed by atoms with Gasteiger partial charge in [-0.15, -0.1) is 0 Å². The van der Waals surface area contributed by atoms with Gasteiger partial charge in [-0.25, -0.2) is 4.39 Å². The highest BCUT2D eigenvalue weighted by molar-refractivity contribution is 5.33. The second-order valence-electron chi connectivity index (χ2n) is 4.83. The Morgan fingerprint density at radius 2 is 1.89 bits per heavy atom. The molecule has 0 unspecified atom stereocenters. The van der Waals surface area contributed by atoms with Crippen LogP contribution in [0.5, 0.6) is 5.75 Å². The molecule has 100 valence electrons. The zero-order chi connectivity index (χ0) is 13.2. The molecule has 3 nitrogen and oxygen atoms in total. The van der Waals surface area contributed by atoms with E-state index in [2.05, 4.69) is 0 Å². The van der Waals surface area contributed by atoms with E-state index < -0.39 is 11.4 Å². The summed E-state index contributed by atoms with van der Waals surface area (Å²) in [6, 6.07) is 4.13. The van der Waals surface area contributed by atoms with Crippen LogP contribution in [0.1, 0.15) is 31.2 Å². The maximum absolute atomic E-state index is 13.4. The van der Waals surface area contributed by atoms with Gasteiger partial charge >= 0.3 is 0 Å². The van der Waals surface area contributed by atoms with E-state index in [-0.39, 0.29) is 11.9 Å². The number of rotatable bonds is 3. The van der Waals surface area contributed by atoms with Crippen LogP contribution in [0.3, 0.4) is 0 Å². The van der Waals surface area contributed by atoms with Crippen molar-refractivity contribution < 1.29 is 19.0 Å². The standard InChI is InChI=1S/C14H19FO3/c1-17-13-3-5-14(18-2,6-4-13)10-7-11(15)9-12(16)8-10/h7-9,13,16H,3-6H2,1-2H3. The van der Waals surface area contributed by atoms with Crippen LogP contribution < -0.4 is 0 Å². The van der Waals surface area contributed by atoms with Gasteiger partial charge in [0.15, 0.2) is 0 Å². The third-order valence-corrected chi connectivity index (χ3v) is 3.87. The fourth-order valence-electron chi connectivity index (χ4n) is 2.74. The first-order valence-electron chi connectivity index (χ1n) is 6.17. The molecule has 1 N–H and O–H groups in total. The zero-order valence-electron chi connectivity index (χ0n) is 10.8. The Hall–Kier alpha value is -1.13. The Morgan fingerprint density at radius 1 is 1.22 bits per heavy atom. The van der Waals surface area contributed by atoms with Gasteiger partial charge in [0.1, 0.15) is 11.6 Å². The number of benzene rings is 1. The molecule has 0 atom stereocenters. The summed E-state index contributed by atoms with van der Waals surface area (Å²) in [6.07, 6.45) is 3.54. The lowest BCUT2D eigenvalue weighted by Crippen LogP contribution is -2.36. The molecule has 4 heteroatoms. The van der Waals surface area contributed by atoms with Crippen LogP contribution in [-0.2, 0) is 15.1 Å². The van der Waals surface area contributed by atoms with E-state index in [1.807, 2.05) is 0 Å². The Morgan fingerprint density at radius 3 is 2.39 bits per heavy atom. The summed E-state index contributed by atoms with van der Waals surface area (Å²) >= 11 is 0. The van der Waals surface area contributed by atoms with Crippen LogP contribution in [-0.4, -0.2) is 25.4 Å². The van der Waals surface area contributed by atoms with Crippen molar-refractivity contribution in [2.24, 2.45) is 0 Å². The molecular weight excluding hydrogens is 235 g/mol. The first kappa shape index (κ1) is 13.3. The quantitative estimate of drug-likeness (QED) is 0.901. The van der Waals surface area contributed by atoms with Gasteiger partial charge in [-0.1, -0.05) is 0 Å². The summed E-state index contributed by atoms with van der Waals surface area (Å²) in [6.45, 7) is 0. The average molecular weight is 254 g/mol. The van der Waals surface area contributed by atoms with Crippen molar-refractivity contribution in [2.45, 2.75) is 37.4 Å². The molecule has 1 aliphatic rings. The molecule has 1 aromatic carbocycles. The molecule has 0 bridgehead atoms. The fraction of sp³-hybridized carbons (Fsp3) is 0.571. The van der Waals surface area contributed by atoms with Crippen molar-refractivity contribution in [1.29, 1.82) is 0 Å². The van der Waals surface area contributed by atoms with E-state index in [1.54, 1.807) is 20.3 Å². The van der Waals surface area contributed by atoms with Gasteiger partial charge in [-0.05, 0) is 43.4 Å². The van der Waals surface area contributed by atoms with Crippen LogP contribution in [0.15, 0.2) is 18.2 Å². The highest BCUT2D eigenvalue weighted by Crippen LogP contribution is 2.41. The number of ether oxygens (including phenoxy) is 2. The SMILES string of the molecule is COC1CCC(OC)(c2cc(O)cc(F)c2)CC1. The van der Waals surface area contributed by atoms with E-state index in [9.17, 15) is 9.50 Å². The maximum Gasteiger partial charge on any atom is 0.127 e. The molecule has 1 fully saturated rings. The van der Waals surface area contributed by atoms with Crippen molar-refractivity contribution >= 4 is 0 Å². The van der Waals surface area contributed by atoms with Crippen LogP contribution in [0, 0.1) is 5.82 Å². The molecule has 1 aliphatic carbocycles. The largest absolute Gasteiger partial charge is 0.508 e. The fourth-order valence-corrected chi connectivity index (χ4v) is 2.74. The lowest BCUT2D eigenvalue weighted by atomic mass is 9.78. The van der Waals surface area contributed by atoms with E-state index in [0.29, 0.717) is 5.56 Å². The molecular formula is C14H19FO3. The van der Waals surface area contributed by atoms with E-state index in [1.165, 1.54) is 6.07 Å². The van der Waals surface area contributed by atoms with Crippen LogP contribution in [0.2, 0.25) is 0 Å². The van der Waals surface area contributed by atoms with Gasteiger partial charge in [0.2, 0.25) is 0 Å². The smallest absolute Gasteiger partial charge is 0.127 e. The lowest BCUT2D eigenvalue weighted by Gasteiger charge is -2.39. The number of methoxy groups -OCH3 is 2. The molecule has 0 saturated heterocycles. The summed E-state index contributed by atoms with van der Waals surface area (Å²) in [7, 11) is 3.34. The van der Waals surface area contributed by atoms with Crippen molar-refractivity contribution in [3.63, 3.8) is 0 Å². The maximum atomic E-state index is 13.4. The Bertz CT molecular complexity index is 391. The lowest BCUT2D eigenvalue weighted by molar-refractivity contribution is -0.0764. The zero-order valence-corrected chi connectivity index (χ0v) is 10.8. The monoisotopic (exact) mass is 254 g/mol. The first-order chi connectivity index (χ1) is 8.59. The van der Waals surface area contributed by atoms with E-state index in [0.717, 1.165) is 31.7 Å². The molecule has 0 aromatic heterocycles. The predicted molar refractivity (Wildman–Crippen MR) is 66.0 cm³/mol. The number of phenols is 1. The third-order valence-electron chi connectivity index (χ3n) is 3.87. The van der Waals surface area contributed by atoms with Crippen LogP contribution in [0.4, 0.5) is 4.39 Å². The van der Waals surface area contributed by atoms with Gasteiger partial charge in [-0.3, -0.25) is 0 Å². The second-order valence-corrected chi connectivity index (χ2v) is 4.83. The van der Waals surface area contributed by atoms with Gasteiger partial charge < -0.3 is 14.6 Å². The molecule has 0 aliphatic heterocycles. The van der Waals surface area contributed by atoms with Crippen molar-refractivity contribution in [3.8, 4) is 5.75 Å². The molecule has 0 radical (unpaired) electrons. The summed E-state index contributed by atoms with van der Waals surface area (Å²) in [5, 5.41) is 9.51. The van der Waals surface area contributed by atoms with Crippen molar-refractivity contribution in [3.05, 3.63) is 29.6 Å².